The van der Waals surface area contributed by atoms with Crippen LogP contribution in [-0.4, -0.2) is 5.04 Å². The zero-order valence-corrected chi connectivity index (χ0v) is 17.5. The standard InChI is InChI=1S/C24H23NS2/c1-18-9-13-22(14-10-18)26-17-20(3)24(25-21-7-5-4-6-8-21)27-23-15-11-19(2)12-16-23/h4-17H,1-3H3/b20-17+,25-24?. The van der Waals surface area contributed by atoms with Crippen molar-refractivity contribution in [2.75, 3.05) is 0 Å². The number of aryl methyl sites for hydroxylation is 2. The molecule has 3 aromatic carbocycles. The first-order valence-corrected chi connectivity index (χ1v) is 10.6. The van der Waals surface area contributed by atoms with Crippen LogP contribution in [0.1, 0.15) is 18.1 Å². The second kappa shape index (κ2) is 9.63. The molecule has 3 aromatic rings. The summed E-state index contributed by atoms with van der Waals surface area (Å²) in [6.45, 7) is 6.35. The zero-order valence-electron chi connectivity index (χ0n) is 15.8. The van der Waals surface area contributed by atoms with Crippen molar-refractivity contribution >= 4 is 34.3 Å². The lowest BCUT2D eigenvalue weighted by atomic mass is 10.2. The molecule has 0 saturated carbocycles. The number of hydrogen-bond acceptors (Lipinski definition) is 3. The van der Waals surface area contributed by atoms with Gasteiger partial charge in [0.2, 0.25) is 0 Å². The van der Waals surface area contributed by atoms with Crippen LogP contribution in [-0.2, 0) is 0 Å². The van der Waals surface area contributed by atoms with Gasteiger partial charge in [-0.2, -0.15) is 0 Å². The van der Waals surface area contributed by atoms with E-state index in [2.05, 4.69) is 74.7 Å². The Labute approximate surface area is 170 Å². The van der Waals surface area contributed by atoms with Gasteiger partial charge in [-0.3, -0.25) is 0 Å². The molecule has 1 nitrogen and oxygen atoms in total. The highest BCUT2D eigenvalue weighted by molar-refractivity contribution is 8.14. The molecule has 0 radical (unpaired) electrons. The first-order valence-electron chi connectivity index (χ1n) is 8.89. The van der Waals surface area contributed by atoms with Crippen LogP contribution in [0.3, 0.4) is 0 Å². The molecular weight excluding hydrogens is 366 g/mol. The summed E-state index contributed by atoms with van der Waals surface area (Å²) in [6, 6.07) is 27.3. The van der Waals surface area contributed by atoms with E-state index in [-0.39, 0.29) is 0 Å². The van der Waals surface area contributed by atoms with Gasteiger partial charge in [-0.05, 0) is 68.2 Å². The van der Waals surface area contributed by atoms with Crippen LogP contribution in [0.25, 0.3) is 0 Å². The average Bonchev–Trinajstić information content (AvgIpc) is 2.69. The van der Waals surface area contributed by atoms with Gasteiger partial charge in [0.1, 0.15) is 5.04 Å². The lowest BCUT2D eigenvalue weighted by molar-refractivity contribution is 1.38. The van der Waals surface area contributed by atoms with Gasteiger partial charge in [-0.1, -0.05) is 77.1 Å². The molecule has 0 fully saturated rings. The summed E-state index contributed by atoms with van der Waals surface area (Å²) < 4.78 is 0. The molecule has 0 saturated heterocycles. The van der Waals surface area contributed by atoms with Crippen molar-refractivity contribution in [2.24, 2.45) is 4.99 Å². The van der Waals surface area contributed by atoms with Crippen LogP contribution >= 0.6 is 23.5 Å². The summed E-state index contributed by atoms with van der Waals surface area (Å²) >= 11 is 3.44. The predicted octanol–water partition coefficient (Wildman–Crippen LogP) is 7.82. The number of rotatable bonds is 5. The molecule has 0 unspecified atom stereocenters. The van der Waals surface area contributed by atoms with Gasteiger partial charge in [0.25, 0.3) is 0 Å². The Balaban J connectivity index is 1.85. The minimum absolute atomic E-state index is 0.972. The minimum atomic E-state index is 0.972. The van der Waals surface area contributed by atoms with Crippen molar-refractivity contribution in [2.45, 2.75) is 30.6 Å². The molecule has 0 aromatic heterocycles. The Morgan fingerprint density at radius 3 is 1.89 bits per heavy atom. The molecule has 0 atom stereocenters. The van der Waals surface area contributed by atoms with E-state index in [4.69, 9.17) is 4.99 Å². The Bertz CT molecular complexity index is 924. The van der Waals surface area contributed by atoms with Gasteiger partial charge in [0.05, 0.1) is 5.69 Å². The van der Waals surface area contributed by atoms with Crippen LogP contribution in [0.2, 0.25) is 0 Å². The van der Waals surface area contributed by atoms with Gasteiger partial charge in [-0.25, -0.2) is 4.99 Å². The lowest BCUT2D eigenvalue weighted by Crippen LogP contribution is -1.94. The SMILES string of the molecule is C/C(=C\Sc1ccc(C)cc1)C(=Nc1ccccc1)Sc1ccc(C)cc1. The fourth-order valence-corrected chi connectivity index (χ4v) is 4.01. The Kier molecular flexibility index (Phi) is 6.97. The van der Waals surface area contributed by atoms with E-state index in [1.807, 2.05) is 30.3 Å². The smallest absolute Gasteiger partial charge is 0.105 e. The van der Waals surface area contributed by atoms with E-state index >= 15 is 0 Å². The van der Waals surface area contributed by atoms with Crippen LogP contribution in [0.5, 0.6) is 0 Å². The Hall–Kier alpha value is -2.23. The molecule has 3 rings (SSSR count). The third kappa shape index (κ3) is 6.16. The Morgan fingerprint density at radius 2 is 1.30 bits per heavy atom. The number of para-hydroxylation sites is 1. The maximum absolute atomic E-state index is 4.90. The predicted molar refractivity (Wildman–Crippen MR) is 121 cm³/mol. The van der Waals surface area contributed by atoms with E-state index < -0.39 is 0 Å². The third-order valence-electron chi connectivity index (χ3n) is 3.95. The van der Waals surface area contributed by atoms with Crippen molar-refractivity contribution in [1.29, 1.82) is 0 Å². The van der Waals surface area contributed by atoms with Crippen molar-refractivity contribution < 1.29 is 0 Å². The second-order valence-electron chi connectivity index (χ2n) is 6.40. The normalized spacial score (nSPS) is 12.3. The van der Waals surface area contributed by atoms with Gasteiger partial charge < -0.3 is 0 Å². The largest absolute Gasteiger partial charge is 0.241 e. The topological polar surface area (TPSA) is 12.4 Å². The van der Waals surface area contributed by atoms with Crippen molar-refractivity contribution in [3.63, 3.8) is 0 Å². The second-order valence-corrected chi connectivity index (χ2v) is 8.40. The average molecular weight is 390 g/mol. The van der Waals surface area contributed by atoms with Gasteiger partial charge in [0, 0.05) is 9.79 Å². The first kappa shape index (κ1) is 19.5. The number of hydrogen-bond donors (Lipinski definition) is 0. The van der Waals surface area contributed by atoms with Crippen molar-refractivity contribution in [3.8, 4) is 0 Å². The van der Waals surface area contributed by atoms with Crippen LogP contribution in [0.15, 0.2) is 105 Å². The highest BCUT2D eigenvalue weighted by Gasteiger charge is 2.07. The highest BCUT2D eigenvalue weighted by Crippen LogP contribution is 2.29. The van der Waals surface area contributed by atoms with E-state index in [0.717, 1.165) is 16.3 Å². The van der Waals surface area contributed by atoms with Crippen LogP contribution in [0, 0.1) is 13.8 Å². The quantitative estimate of drug-likeness (QED) is 0.250. The highest BCUT2D eigenvalue weighted by atomic mass is 32.2. The summed E-state index contributed by atoms with van der Waals surface area (Å²) in [5, 5.41) is 3.21. The first-order chi connectivity index (χ1) is 13.1. The summed E-state index contributed by atoms with van der Waals surface area (Å²) in [7, 11) is 0. The van der Waals surface area contributed by atoms with Crippen molar-refractivity contribution in [1.82, 2.24) is 0 Å². The number of benzene rings is 3. The van der Waals surface area contributed by atoms with Crippen LogP contribution < -0.4 is 0 Å². The van der Waals surface area contributed by atoms with Gasteiger partial charge >= 0.3 is 0 Å². The molecule has 0 aliphatic rings. The minimum Gasteiger partial charge on any atom is -0.241 e. The number of thioether (sulfide) groups is 2. The Morgan fingerprint density at radius 1 is 0.741 bits per heavy atom. The maximum Gasteiger partial charge on any atom is 0.105 e. The van der Waals surface area contributed by atoms with Crippen LogP contribution in [0.4, 0.5) is 5.69 Å². The van der Waals surface area contributed by atoms with Gasteiger partial charge in [-0.15, -0.1) is 0 Å². The molecule has 0 amide bonds. The number of aliphatic imine (C=N–C) groups is 1. The summed E-state index contributed by atoms with van der Waals surface area (Å²) in [5.74, 6) is 0. The molecule has 0 heterocycles. The molecule has 27 heavy (non-hydrogen) atoms. The zero-order chi connectivity index (χ0) is 19.1. The fourth-order valence-electron chi connectivity index (χ4n) is 2.35. The van der Waals surface area contributed by atoms with E-state index in [1.54, 1.807) is 23.5 Å². The molecule has 3 heteroatoms. The molecule has 136 valence electrons. The van der Waals surface area contributed by atoms with Gasteiger partial charge in [0.15, 0.2) is 0 Å². The lowest BCUT2D eigenvalue weighted by Gasteiger charge is -2.08. The van der Waals surface area contributed by atoms with E-state index in [9.17, 15) is 0 Å². The molecule has 0 spiro atoms. The van der Waals surface area contributed by atoms with E-state index in [0.29, 0.717) is 0 Å². The third-order valence-corrected chi connectivity index (χ3v) is 6.08. The van der Waals surface area contributed by atoms with E-state index in [1.165, 1.54) is 20.9 Å². The molecule has 0 aliphatic carbocycles. The molecule has 0 bridgehead atoms. The summed E-state index contributed by atoms with van der Waals surface area (Å²) in [6.07, 6.45) is 0. The molecule has 0 N–H and O–H groups in total. The monoisotopic (exact) mass is 389 g/mol. The summed E-state index contributed by atoms with van der Waals surface area (Å²) in [5.41, 5.74) is 4.68. The number of nitrogens with zero attached hydrogens (tertiary/aromatic N) is 1. The molecule has 0 aliphatic heterocycles. The fraction of sp³-hybridized carbons (Fsp3) is 0.125. The maximum atomic E-state index is 4.90. The summed E-state index contributed by atoms with van der Waals surface area (Å²) in [4.78, 5) is 7.33. The molecular formula is C24H23NS2. The van der Waals surface area contributed by atoms with Crippen molar-refractivity contribution in [3.05, 3.63) is 101 Å².